The quantitative estimate of drug-likeness (QED) is 0.641. The van der Waals surface area contributed by atoms with Gasteiger partial charge in [-0.15, -0.1) is 0 Å². The summed E-state index contributed by atoms with van der Waals surface area (Å²) in [6.45, 7) is 3.53. The normalized spacial score (nSPS) is 16.6. The molecule has 0 N–H and O–H groups in total. The molecule has 3 aromatic rings. The third-order valence-electron chi connectivity index (χ3n) is 6.68. The van der Waals surface area contributed by atoms with Gasteiger partial charge < -0.3 is 9.80 Å². The fraction of sp³-hybridized carbons (Fsp3) is 0.346. The van der Waals surface area contributed by atoms with Crippen molar-refractivity contribution in [1.29, 1.82) is 0 Å². The first-order valence-corrected chi connectivity index (χ1v) is 11.4. The summed E-state index contributed by atoms with van der Waals surface area (Å²) >= 11 is 0. The molecule has 0 atom stereocenters. The van der Waals surface area contributed by atoms with Gasteiger partial charge in [-0.2, -0.15) is 5.10 Å². The van der Waals surface area contributed by atoms with Crippen LogP contribution in [-0.2, 0) is 24.3 Å². The zero-order chi connectivity index (χ0) is 21.9. The molecule has 1 amide bonds. The van der Waals surface area contributed by atoms with Crippen LogP contribution in [0.15, 0.2) is 71.7 Å². The molecule has 2 aliphatic rings. The Morgan fingerprint density at radius 2 is 1.66 bits per heavy atom. The summed E-state index contributed by atoms with van der Waals surface area (Å²) in [6.07, 6.45) is 4.33. The highest BCUT2D eigenvalue weighted by Gasteiger charge is 2.30. The maximum absolute atomic E-state index is 13.1. The molecule has 0 aliphatic carbocycles. The number of hydrogen-bond donors (Lipinski definition) is 0. The Hall–Kier alpha value is -3.41. The predicted octanol–water partition coefficient (Wildman–Crippen LogP) is 3.09. The number of piperidine rings is 1. The lowest BCUT2D eigenvalue weighted by atomic mass is 9.93. The van der Waals surface area contributed by atoms with E-state index in [1.165, 1.54) is 15.8 Å². The number of rotatable bonds is 4. The summed E-state index contributed by atoms with van der Waals surface area (Å²) in [5, 5.41) is 4.38. The van der Waals surface area contributed by atoms with E-state index in [2.05, 4.69) is 28.2 Å². The topological polar surface area (TPSA) is 58.4 Å². The summed E-state index contributed by atoms with van der Waals surface area (Å²) in [7, 11) is 0. The van der Waals surface area contributed by atoms with Crippen LogP contribution in [0.4, 0.5) is 5.69 Å². The van der Waals surface area contributed by atoms with Crippen LogP contribution in [0.5, 0.6) is 0 Å². The molecule has 6 nitrogen and oxygen atoms in total. The molecule has 1 fully saturated rings. The summed E-state index contributed by atoms with van der Waals surface area (Å²) in [5.74, 6) is 0.332. The van der Waals surface area contributed by atoms with Crippen LogP contribution >= 0.6 is 0 Å². The molecule has 2 aliphatic heterocycles. The monoisotopic (exact) mass is 428 g/mol. The van der Waals surface area contributed by atoms with Gasteiger partial charge in [-0.25, -0.2) is 4.68 Å². The number of carbonyl (C=O) groups is 1. The minimum Gasteiger partial charge on any atom is -0.370 e. The highest BCUT2D eigenvalue weighted by molar-refractivity contribution is 5.79. The first-order valence-electron chi connectivity index (χ1n) is 11.4. The van der Waals surface area contributed by atoms with E-state index < -0.39 is 0 Å². The maximum Gasteiger partial charge on any atom is 0.269 e. The van der Waals surface area contributed by atoms with Crippen LogP contribution in [0.2, 0.25) is 0 Å². The number of amides is 1. The number of fused-ring (bicyclic) bond motifs is 1. The maximum atomic E-state index is 13.1. The lowest BCUT2D eigenvalue weighted by Crippen LogP contribution is -2.44. The van der Waals surface area contributed by atoms with E-state index in [-0.39, 0.29) is 17.4 Å². The van der Waals surface area contributed by atoms with Crippen molar-refractivity contribution in [2.75, 3.05) is 24.5 Å². The second-order valence-electron chi connectivity index (χ2n) is 8.74. The number of hydrogen-bond acceptors (Lipinski definition) is 4. The minimum atomic E-state index is -0.100. The molecule has 6 heteroatoms. The Bertz CT molecular complexity index is 1150. The van der Waals surface area contributed by atoms with Gasteiger partial charge >= 0.3 is 0 Å². The van der Waals surface area contributed by atoms with E-state index in [0.29, 0.717) is 6.54 Å². The fourth-order valence-corrected chi connectivity index (χ4v) is 4.80. The van der Waals surface area contributed by atoms with E-state index >= 15 is 0 Å². The second kappa shape index (κ2) is 8.99. The number of benzene rings is 2. The molecular weight excluding hydrogens is 400 g/mol. The van der Waals surface area contributed by atoms with Crippen LogP contribution in [0.1, 0.15) is 29.5 Å². The van der Waals surface area contributed by atoms with Gasteiger partial charge in [0, 0.05) is 38.2 Å². The molecule has 5 rings (SSSR count). The number of nitrogens with zero attached hydrogens (tertiary/aromatic N) is 4. The van der Waals surface area contributed by atoms with Gasteiger partial charge in [0.1, 0.15) is 0 Å². The average molecular weight is 429 g/mol. The number of aromatic nitrogens is 2. The minimum absolute atomic E-state index is 0.0583. The summed E-state index contributed by atoms with van der Waals surface area (Å²) in [4.78, 5) is 29.9. The van der Waals surface area contributed by atoms with Crippen molar-refractivity contribution in [2.45, 2.75) is 32.4 Å². The highest BCUT2D eigenvalue weighted by Crippen LogP contribution is 2.26. The summed E-state index contributed by atoms with van der Waals surface area (Å²) in [6, 6.07) is 19.9. The molecule has 32 heavy (non-hydrogen) atoms. The van der Waals surface area contributed by atoms with Gasteiger partial charge in [0.15, 0.2) is 0 Å². The van der Waals surface area contributed by atoms with Crippen LogP contribution in [0.25, 0.3) is 0 Å². The van der Waals surface area contributed by atoms with Gasteiger partial charge in [0.25, 0.3) is 5.56 Å². The molecular formula is C26H28N4O2. The highest BCUT2D eigenvalue weighted by atomic mass is 16.2. The van der Waals surface area contributed by atoms with Gasteiger partial charge in [-0.05, 0) is 36.0 Å². The van der Waals surface area contributed by atoms with Crippen LogP contribution in [0, 0.1) is 5.92 Å². The number of carbonyl (C=O) groups excluding carboxylic acids is 1. The van der Waals surface area contributed by atoms with Crippen molar-refractivity contribution >= 4 is 11.6 Å². The third-order valence-corrected chi connectivity index (χ3v) is 6.68. The first-order chi connectivity index (χ1) is 15.7. The molecule has 0 unspecified atom stereocenters. The van der Waals surface area contributed by atoms with Crippen molar-refractivity contribution < 1.29 is 4.79 Å². The standard InChI is InChI=1S/C26H28N4O2/c31-25-16-24(17-27-30(25)18-20-6-2-1-3-7-20)28-13-11-22(12-14-28)26(32)29-15-10-21-8-4-5-9-23(21)19-29/h1-9,16-17,22H,10-15,18-19H2. The van der Waals surface area contributed by atoms with Gasteiger partial charge in [-0.3, -0.25) is 9.59 Å². The molecule has 0 radical (unpaired) electrons. The zero-order valence-electron chi connectivity index (χ0n) is 18.2. The molecule has 1 aromatic heterocycles. The van der Waals surface area contributed by atoms with E-state index in [1.54, 1.807) is 12.3 Å². The Labute approximate surface area is 188 Å². The smallest absolute Gasteiger partial charge is 0.269 e. The van der Waals surface area contributed by atoms with Crippen LogP contribution in [-0.4, -0.2) is 40.2 Å². The predicted molar refractivity (Wildman–Crippen MR) is 125 cm³/mol. The van der Waals surface area contributed by atoms with Crippen molar-refractivity contribution in [2.24, 2.45) is 5.92 Å². The van der Waals surface area contributed by atoms with Crippen molar-refractivity contribution in [1.82, 2.24) is 14.7 Å². The van der Waals surface area contributed by atoms with E-state index in [1.807, 2.05) is 41.3 Å². The molecule has 3 heterocycles. The van der Waals surface area contributed by atoms with E-state index in [9.17, 15) is 9.59 Å². The molecule has 164 valence electrons. The molecule has 0 bridgehead atoms. The van der Waals surface area contributed by atoms with Gasteiger partial charge in [0.2, 0.25) is 5.91 Å². The van der Waals surface area contributed by atoms with Crippen molar-refractivity contribution in [3.8, 4) is 0 Å². The van der Waals surface area contributed by atoms with Crippen LogP contribution < -0.4 is 10.5 Å². The van der Waals surface area contributed by atoms with E-state index in [4.69, 9.17) is 0 Å². The Morgan fingerprint density at radius 1 is 0.938 bits per heavy atom. The molecule has 1 saturated heterocycles. The van der Waals surface area contributed by atoms with Crippen molar-refractivity contribution in [3.05, 3.63) is 93.9 Å². The molecule has 2 aromatic carbocycles. The second-order valence-corrected chi connectivity index (χ2v) is 8.74. The first kappa shape index (κ1) is 20.5. The zero-order valence-corrected chi connectivity index (χ0v) is 18.2. The van der Waals surface area contributed by atoms with Gasteiger partial charge in [0.05, 0.1) is 18.4 Å². The molecule has 0 saturated carbocycles. The number of anilines is 1. The lowest BCUT2D eigenvalue weighted by Gasteiger charge is -2.36. The van der Waals surface area contributed by atoms with E-state index in [0.717, 1.165) is 56.7 Å². The summed E-state index contributed by atoms with van der Waals surface area (Å²) < 4.78 is 1.49. The molecule has 0 spiro atoms. The summed E-state index contributed by atoms with van der Waals surface area (Å²) in [5.41, 5.74) is 4.43. The average Bonchev–Trinajstić information content (AvgIpc) is 2.85. The lowest BCUT2D eigenvalue weighted by molar-refractivity contribution is -0.137. The fourth-order valence-electron chi connectivity index (χ4n) is 4.80. The van der Waals surface area contributed by atoms with Crippen LogP contribution in [0.3, 0.4) is 0 Å². The van der Waals surface area contributed by atoms with Gasteiger partial charge in [-0.1, -0.05) is 54.6 Å². The Morgan fingerprint density at radius 3 is 2.41 bits per heavy atom. The Kier molecular flexibility index (Phi) is 5.75. The Balaban J connectivity index is 1.19. The van der Waals surface area contributed by atoms with Crippen molar-refractivity contribution in [3.63, 3.8) is 0 Å². The largest absolute Gasteiger partial charge is 0.370 e. The SMILES string of the molecule is O=C(C1CCN(c2cnn(Cc3ccccc3)c(=O)c2)CC1)N1CCc2ccccc2C1. The third kappa shape index (κ3) is 4.31.